The Labute approximate surface area is 102 Å². The minimum atomic E-state index is 0.760. The van der Waals surface area contributed by atoms with E-state index in [1.54, 1.807) is 13.4 Å². The van der Waals surface area contributed by atoms with Gasteiger partial charge in [0.1, 0.15) is 6.33 Å². The number of rotatable bonds is 4. The van der Waals surface area contributed by atoms with Crippen molar-refractivity contribution in [3.05, 3.63) is 6.33 Å². The third kappa shape index (κ3) is 2.60. The summed E-state index contributed by atoms with van der Waals surface area (Å²) in [7, 11) is 1.67. The predicted molar refractivity (Wildman–Crippen MR) is 68.8 cm³/mol. The molecule has 0 aliphatic carbocycles. The van der Waals surface area contributed by atoms with E-state index < -0.39 is 0 Å². The second-order valence-corrected chi connectivity index (χ2v) is 4.16. The second-order valence-electron chi connectivity index (χ2n) is 4.16. The highest BCUT2D eigenvalue weighted by Gasteiger charge is 2.19. The summed E-state index contributed by atoms with van der Waals surface area (Å²) >= 11 is 0. The lowest BCUT2D eigenvalue weighted by Gasteiger charge is -2.29. The van der Waals surface area contributed by atoms with Crippen molar-refractivity contribution in [2.24, 2.45) is 0 Å². The van der Waals surface area contributed by atoms with Crippen molar-refractivity contribution in [2.75, 3.05) is 37.0 Å². The number of nitrogens with zero attached hydrogens (tertiary/aromatic N) is 3. The van der Waals surface area contributed by atoms with Gasteiger partial charge in [0.2, 0.25) is 5.75 Å². The smallest absolute Gasteiger partial charge is 0.204 e. The lowest BCUT2D eigenvalue weighted by Crippen LogP contribution is -2.30. The Morgan fingerprint density at radius 3 is 2.71 bits per heavy atom. The number of hydrogen-bond acceptors (Lipinski definition) is 5. The number of nitrogens with one attached hydrogen (secondary N) is 1. The Kier molecular flexibility index (Phi) is 4.01. The zero-order chi connectivity index (χ0) is 12.1. The monoisotopic (exact) mass is 236 g/mol. The third-order valence-corrected chi connectivity index (χ3v) is 2.99. The molecule has 1 fully saturated rings. The standard InChI is InChI=1S/C12H20N4O/c1-3-13-11-10(17-2)12(15-9-14-11)16-7-5-4-6-8-16/h9H,3-8H2,1-2H3,(H,13,14,15). The van der Waals surface area contributed by atoms with Gasteiger partial charge in [0.05, 0.1) is 7.11 Å². The summed E-state index contributed by atoms with van der Waals surface area (Å²) in [5.74, 6) is 2.46. The van der Waals surface area contributed by atoms with E-state index in [4.69, 9.17) is 4.74 Å². The lowest BCUT2D eigenvalue weighted by atomic mass is 10.1. The van der Waals surface area contributed by atoms with Crippen molar-refractivity contribution in [1.29, 1.82) is 0 Å². The van der Waals surface area contributed by atoms with E-state index in [9.17, 15) is 0 Å². The molecule has 0 saturated carbocycles. The zero-order valence-corrected chi connectivity index (χ0v) is 10.6. The molecule has 5 nitrogen and oxygen atoms in total. The van der Waals surface area contributed by atoms with Gasteiger partial charge in [0.25, 0.3) is 0 Å². The van der Waals surface area contributed by atoms with Gasteiger partial charge in [-0.2, -0.15) is 0 Å². The number of hydrogen-bond donors (Lipinski definition) is 1. The first-order valence-corrected chi connectivity index (χ1v) is 6.24. The summed E-state index contributed by atoms with van der Waals surface area (Å²) in [6, 6.07) is 0. The van der Waals surface area contributed by atoms with Gasteiger partial charge in [0.15, 0.2) is 11.6 Å². The maximum atomic E-state index is 5.45. The molecule has 1 aromatic rings. The summed E-state index contributed by atoms with van der Waals surface area (Å²) in [5, 5.41) is 3.20. The van der Waals surface area contributed by atoms with Crippen LogP contribution in [-0.4, -0.2) is 36.7 Å². The second kappa shape index (κ2) is 5.70. The van der Waals surface area contributed by atoms with Gasteiger partial charge < -0.3 is 15.0 Å². The van der Waals surface area contributed by atoms with Crippen LogP contribution < -0.4 is 15.0 Å². The molecule has 1 aliphatic rings. The average molecular weight is 236 g/mol. The van der Waals surface area contributed by atoms with E-state index in [0.29, 0.717) is 0 Å². The van der Waals surface area contributed by atoms with Crippen LogP contribution in [0, 0.1) is 0 Å². The fraction of sp³-hybridized carbons (Fsp3) is 0.667. The molecule has 0 spiro atoms. The van der Waals surface area contributed by atoms with Gasteiger partial charge in [-0.3, -0.25) is 0 Å². The maximum absolute atomic E-state index is 5.45. The first-order chi connectivity index (χ1) is 8.36. The van der Waals surface area contributed by atoms with Gasteiger partial charge >= 0.3 is 0 Å². The molecule has 0 bridgehead atoms. The van der Waals surface area contributed by atoms with E-state index in [2.05, 4.69) is 20.2 Å². The van der Waals surface area contributed by atoms with Crippen LogP contribution in [0.25, 0.3) is 0 Å². The number of ether oxygens (including phenoxy) is 1. The third-order valence-electron chi connectivity index (χ3n) is 2.99. The van der Waals surface area contributed by atoms with Gasteiger partial charge in [0, 0.05) is 19.6 Å². The number of anilines is 2. The molecule has 0 amide bonds. The van der Waals surface area contributed by atoms with Crippen molar-refractivity contribution in [2.45, 2.75) is 26.2 Å². The minimum Gasteiger partial charge on any atom is -0.490 e. The lowest BCUT2D eigenvalue weighted by molar-refractivity contribution is 0.410. The van der Waals surface area contributed by atoms with E-state index in [-0.39, 0.29) is 0 Å². The summed E-state index contributed by atoms with van der Waals surface area (Å²) in [6.45, 7) is 4.98. The Balaban J connectivity index is 2.28. The quantitative estimate of drug-likeness (QED) is 0.865. The van der Waals surface area contributed by atoms with Crippen LogP contribution in [0.3, 0.4) is 0 Å². The first kappa shape index (κ1) is 12.0. The van der Waals surface area contributed by atoms with Gasteiger partial charge in [-0.15, -0.1) is 0 Å². The highest BCUT2D eigenvalue weighted by atomic mass is 16.5. The fourth-order valence-electron chi connectivity index (χ4n) is 2.18. The summed E-state index contributed by atoms with van der Waals surface area (Å²) in [6.07, 6.45) is 5.36. The highest BCUT2D eigenvalue weighted by Crippen LogP contribution is 2.33. The van der Waals surface area contributed by atoms with Crippen molar-refractivity contribution in [3.8, 4) is 5.75 Å². The van der Waals surface area contributed by atoms with Crippen LogP contribution in [0.15, 0.2) is 6.33 Å². The van der Waals surface area contributed by atoms with Crippen molar-refractivity contribution in [3.63, 3.8) is 0 Å². The molecule has 94 valence electrons. The SMILES string of the molecule is CCNc1ncnc(N2CCCCC2)c1OC. The summed E-state index contributed by atoms with van der Waals surface area (Å²) in [5.41, 5.74) is 0. The molecule has 0 radical (unpaired) electrons. The molecule has 0 atom stereocenters. The Bertz CT molecular complexity index is 364. The normalized spacial score (nSPS) is 15.8. The van der Waals surface area contributed by atoms with Gasteiger partial charge in [-0.25, -0.2) is 9.97 Å². The van der Waals surface area contributed by atoms with Crippen LogP contribution >= 0.6 is 0 Å². The topological polar surface area (TPSA) is 50.3 Å². The largest absolute Gasteiger partial charge is 0.490 e. The number of piperidine rings is 1. The van der Waals surface area contributed by atoms with Gasteiger partial charge in [-0.1, -0.05) is 0 Å². The molecule has 1 N–H and O–H groups in total. The molecule has 0 unspecified atom stereocenters. The molecular formula is C12H20N4O. The predicted octanol–water partition coefficient (Wildman–Crippen LogP) is 1.91. The van der Waals surface area contributed by atoms with Crippen molar-refractivity contribution in [1.82, 2.24) is 9.97 Å². The molecule has 0 aromatic carbocycles. The molecule has 5 heteroatoms. The number of aromatic nitrogens is 2. The van der Waals surface area contributed by atoms with E-state index in [1.807, 2.05) is 6.92 Å². The van der Waals surface area contributed by atoms with Crippen molar-refractivity contribution < 1.29 is 4.74 Å². The molecule has 2 heterocycles. The average Bonchev–Trinajstić information content (AvgIpc) is 2.40. The summed E-state index contributed by atoms with van der Waals surface area (Å²) < 4.78 is 5.45. The highest BCUT2D eigenvalue weighted by molar-refractivity contribution is 5.64. The Morgan fingerprint density at radius 2 is 2.06 bits per heavy atom. The molecule has 17 heavy (non-hydrogen) atoms. The first-order valence-electron chi connectivity index (χ1n) is 6.24. The molecule has 1 saturated heterocycles. The molecule has 2 rings (SSSR count). The van der Waals surface area contributed by atoms with E-state index in [0.717, 1.165) is 37.0 Å². The van der Waals surface area contributed by atoms with Crippen LogP contribution in [0.4, 0.5) is 11.6 Å². The van der Waals surface area contributed by atoms with Crippen LogP contribution in [0.5, 0.6) is 5.75 Å². The van der Waals surface area contributed by atoms with Crippen molar-refractivity contribution >= 4 is 11.6 Å². The molecule has 1 aliphatic heterocycles. The number of methoxy groups -OCH3 is 1. The zero-order valence-electron chi connectivity index (χ0n) is 10.6. The maximum Gasteiger partial charge on any atom is 0.204 e. The Morgan fingerprint density at radius 1 is 1.29 bits per heavy atom. The van der Waals surface area contributed by atoms with Gasteiger partial charge in [-0.05, 0) is 26.2 Å². The van der Waals surface area contributed by atoms with Crippen LogP contribution in [0.1, 0.15) is 26.2 Å². The summed E-state index contributed by atoms with van der Waals surface area (Å²) in [4.78, 5) is 10.9. The van der Waals surface area contributed by atoms with Crippen LogP contribution in [-0.2, 0) is 0 Å². The van der Waals surface area contributed by atoms with E-state index in [1.165, 1.54) is 19.3 Å². The van der Waals surface area contributed by atoms with Crippen LogP contribution in [0.2, 0.25) is 0 Å². The fourth-order valence-corrected chi connectivity index (χ4v) is 2.18. The molecule has 1 aromatic heterocycles. The minimum absolute atomic E-state index is 0.760. The Hall–Kier alpha value is -1.52. The van der Waals surface area contributed by atoms with E-state index >= 15 is 0 Å². The molecular weight excluding hydrogens is 216 g/mol.